The lowest BCUT2D eigenvalue weighted by Crippen LogP contribution is -1.94. The van der Waals surface area contributed by atoms with Crippen LogP contribution >= 0.6 is 11.6 Å². The van der Waals surface area contributed by atoms with E-state index >= 15 is 0 Å². The van der Waals surface area contributed by atoms with Crippen molar-refractivity contribution in [1.29, 1.82) is 0 Å². The highest BCUT2D eigenvalue weighted by atomic mass is 35.5. The van der Waals surface area contributed by atoms with Gasteiger partial charge in [0.25, 0.3) is 0 Å². The molecule has 0 aliphatic rings. The van der Waals surface area contributed by atoms with Gasteiger partial charge in [0.15, 0.2) is 11.0 Å². The molecule has 0 amide bonds. The van der Waals surface area contributed by atoms with Gasteiger partial charge in [-0.05, 0) is 6.07 Å². The summed E-state index contributed by atoms with van der Waals surface area (Å²) in [6.07, 6.45) is 1.44. The van der Waals surface area contributed by atoms with Crippen LogP contribution in [0.2, 0.25) is 5.15 Å². The fraction of sp³-hybridized carbons (Fsp3) is 0.286. The number of aromatic nitrogens is 1. The zero-order valence-electron chi connectivity index (χ0n) is 5.97. The van der Waals surface area contributed by atoms with Gasteiger partial charge in [0, 0.05) is 18.9 Å². The van der Waals surface area contributed by atoms with E-state index in [-0.39, 0.29) is 11.8 Å². The van der Waals surface area contributed by atoms with Crippen molar-refractivity contribution in [3.8, 4) is 0 Å². The van der Waals surface area contributed by atoms with Gasteiger partial charge in [0.05, 0.1) is 6.61 Å². The van der Waals surface area contributed by atoms with Gasteiger partial charge in [-0.15, -0.1) is 0 Å². The van der Waals surface area contributed by atoms with Gasteiger partial charge in [-0.2, -0.15) is 0 Å². The third kappa shape index (κ3) is 1.88. The molecule has 1 aromatic rings. The Morgan fingerprint density at radius 3 is 3.09 bits per heavy atom. The first-order valence-corrected chi connectivity index (χ1v) is 3.41. The number of methoxy groups -OCH3 is 1. The van der Waals surface area contributed by atoms with E-state index < -0.39 is 5.82 Å². The van der Waals surface area contributed by atoms with Gasteiger partial charge in [-0.1, -0.05) is 11.6 Å². The van der Waals surface area contributed by atoms with Crippen molar-refractivity contribution in [3.63, 3.8) is 0 Å². The van der Waals surface area contributed by atoms with Crippen molar-refractivity contribution < 1.29 is 9.13 Å². The average Bonchev–Trinajstić information content (AvgIpc) is 1.99. The molecule has 4 heteroatoms. The number of hydrogen-bond acceptors (Lipinski definition) is 2. The molecule has 1 heterocycles. The summed E-state index contributed by atoms with van der Waals surface area (Å²) in [6, 6.07) is 1.53. The Kier molecular flexibility index (Phi) is 2.79. The van der Waals surface area contributed by atoms with E-state index in [0.29, 0.717) is 5.56 Å². The number of nitrogens with zero attached hydrogens (tertiary/aromatic N) is 1. The van der Waals surface area contributed by atoms with Crippen LogP contribution in [0.1, 0.15) is 5.56 Å². The number of pyridine rings is 1. The lowest BCUT2D eigenvalue weighted by molar-refractivity contribution is 0.181. The smallest absolute Gasteiger partial charge is 0.165 e. The highest BCUT2D eigenvalue weighted by Crippen LogP contribution is 2.14. The topological polar surface area (TPSA) is 22.1 Å². The molecule has 1 rings (SSSR count). The van der Waals surface area contributed by atoms with E-state index in [9.17, 15) is 4.39 Å². The quantitative estimate of drug-likeness (QED) is 0.642. The molecule has 0 unspecified atom stereocenters. The number of hydrogen-bond donors (Lipinski definition) is 0. The molecule has 11 heavy (non-hydrogen) atoms. The fourth-order valence-corrected chi connectivity index (χ4v) is 0.900. The minimum Gasteiger partial charge on any atom is -0.380 e. The number of halogens is 2. The molecular formula is C7H7ClFNO. The second-order valence-electron chi connectivity index (χ2n) is 2.01. The lowest BCUT2D eigenvalue weighted by atomic mass is 10.3. The van der Waals surface area contributed by atoms with E-state index in [4.69, 9.17) is 16.3 Å². The number of ether oxygens (including phenoxy) is 1. The Bertz CT molecular complexity index is 254. The van der Waals surface area contributed by atoms with Crippen LogP contribution in [-0.4, -0.2) is 12.1 Å². The minimum atomic E-state index is -0.504. The summed E-state index contributed by atoms with van der Waals surface area (Å²) in [4.78, 5) is 3.56. The van der Waals surface area contributed by atoms with Crippen molar-refractivity contribution in [1.82, 2.24) is 4.98 Å². The maximum Gasteiger partial charge on any atom is 0.165 e. The van der Waals surface area contributed by atoms with Crippen molar-refractivity contribution in [3.05, 3.63) is 28.8 Å². The van der Waals surface area contributed by atoms with Crippen molar-refractivity contribution >= 4 is 11.6 Å². The van der Waals surface area contributed by atoms with E-state index in [2.05, 4.69) is 4.98 Å². The van der Waals surface area contributed by atoms with Gasteiger partial charge in [0.2, 0.25) is 0 Å². The Labute approximate surface area is 69.0 Å². The third-order valence-electron chi connectivity index (χ3n) is 1.23. The summed E-state index contributed by atoms with van der Waals surface area (Å²) in [6.45, 7) is 0.216. The SMILES string of the molecule is COCc1ccnc(Cl)c1F. The molecule has 0 aromatic carbocycles. The first-order valence-electron chi connectivity index (χ1n) is 3.03. The van der Waals surface area contributed by atoms with Crippen LogP contribution in [0.5, 0.6) is 0 Å². The van der Waals surface area contributed by atoms with E-state index in [1.54, 1.807) is 0 Å². The van der Waals surface area contributed by atoms with Crippen molar-refractivity contribution in [2.75, 3.05) is 7.11 Å². The average molecular weight is 176 g/mol. The predicted octanol–water partition coefficient (Wildman–Crippen LogP) is 2.02. The first kappa shape index (κ1) is 8.43. The molecule has 2 nitrogen and oxygen atoms in total. The molecule has 1 aromatic heterocycles. The summed E-state index contributed by atoms with van der Waals surface area (Å²) < 4.78 is 17.7. The van der Waals surface area contributed by atoms with Crippen molar-refractivity contribution in [2.45, 2.75) is 6.61 Å². The van der Waals surface area contributed by atoms with Crippen LogP contribution in [-0.2, 0) is 11.3 Å². The van der Waals surface area contributed by atoms with E-state index in [1.165, 1.54) is 19.4 Å². The van der Waals surface area contributed by atoms with Gasteiger partial charge in [-0.3, -0.25) is 0 Å². The second-order valence-corrected chi connectivity index (χ2v) is 2.37. The number of rotatable bonds is 2. The molecule has 0 atom stereocenters. The molecule has 0 spiro atoms. The van der Waals surface area contributed by atoms with Crippen LogP contribution in [0.15, 0.2) is 12.3 Å². The minimum absolute atomic E-state index is 0.112. The summed E-state index contributed by atoms with van der Waals surface area (Å²) in [5, 5.41) is -0.112. The highest BCUT2D eigenvalue weighted by Gasteiger charge is 2.05. The summed E-state index contributed by atoms with van der Waals surface area (Å²) in [5.41, 5.74) is 0.424. The molecule has 0 saturated heterocycles. The summed E-state index contributed by atoms with van der Waals surface area (Å²) in [5.74, 6) is -0.504. The van der Waals surface area contributed by atoms with E-state index in [1.807, 2.05) is 0 Å². The largest absolute Gasteiger partial charge is 0.380 e. The molecule has 0 saturated carbocycles. The molecule has 0 radical (unpaired) electrons. The van der Waals surface area contributed by atoms with Crippen LogP contribution < -0.4 is 0 Å². The van der Waals surface area contributed by atoms with Crippen LogP contribution in [0.3, 0.4) is 0 Å². The molecule has 60 valence electrons. The molecule has 0 aliphatic heterocycles. The molecule has 0 fully saturated rings. The van der Waals surface area contributed by atoms with Crippen LogP contribution in [0.4, 0.5) is 4.39 Å². The predicted molar refractivity (Wildman–Crippen MR) is 39.9 cm³/mol. The lowest BCUT2D eigenvalue weighted by Gasteiger charge is -2.00. The second kappa shape index (κ2) is 3.64. The Balaban J connectivity index is 2.96. The summed E-state index contributed by atoms with van der Waals surface area (Å²) >= 11 is 5.41. The standard InChI is InChI=1S/C7H7ClFNO/c1-11-4-5-2-3-10-7(8)6(5)9/h2-3H,4H2,1H3. The van der Waals surface area contributed by atoms with Gasteiger partial charge in [-0.25, -0.2) is 9.37 Å². The van der Waals surface area contributed by atoms with Crippen LogP contribution in [0, 0.1) is 5.82 Å². The van der Waals surface area contributed by atoms with E-state index in [0.717, 1.165) is 0 Å². The monoisotopic (exact) mass is 175 g/mol. The van der Waals surface area contributed by atoms with Gasteiger partial charge >= 0.3 is 0 Å². The zero-order valence-corrected chi connectivity index (χ0v) is 6.73. The zero-order chi connectivity index (χ0) is 8.27. The van der Waals surface area contributed by atoms with Crippen molar-refractivity contribution in [2.24, 2.45) is 0 Å². The molecular weight excluding hydrogens is 169 g/mol. The molecule has 0 N–H and O–H groups in total. The Morgan fingerprint density at radius 1 is 1.73 bits per heavy atom. The first-order chi connectivity index (χ1) is 5.25. The molecule has 0 bridgehead atoms. The third-order valence-corrected chi connectivity index (χ3v) is 1.49. The Morgan fingerprint density at radius 2 is 2.45 bits per heavy atom. The van der Waals surface area contributed by atoms with Crippen LogP contribution in [0.25, 0.3) is 0 Å². The maximum absolute atomic E-state index is 12.9. The highest BCUT2D eigenvalue weighted by molar-refractivity contribution is 6.29. The van der Waals surface area contributed by atoms with Gasteiger partial charge in [0.1, 0.15) is 0 Å². The fourth-order valence-electron chi connectivity index (χ4n) is 0.722. The Hall–Kier alpha value is -0.670. The normalized spacial score (nSPS) is 10.1. The summed E-state index contributed by atoms with van der Waals surface area (Å²) in [7, 11) is 1.49. The van der Waals surface area contributed by atoms with Gasteiger partial charge < -0.3 is 4.74 Å². The molecule has 0 aliphatic carbocycles. The maximum atomic E-state index is 12.9.